The van der Waals surface area contributed by atoms with E-state index in [4.69, 9.17) is 0 Å². The van der Waals surface area contributed by atoms with Gasteiger partial charge in [0.2, 0.25) is 0 Å². The Kier molecular flexibility index (Phi) is 4.96. The van der Waals surface area contributed by atoms with Gasteiger partial charge in [-0.2, -0.15) is 5.10 Å². The summed E-state index contributed by atoms with van der Waals surface area (Å²) in [7, 11) is 0. The van der Waals surface area contributed by atoms with Crippen molar-refractivity contribution in [3.05, 3.63) is 67.3 Å². The SMILES string of the molecule is c1cc(-c2ccc(Nc3ccc(N4CCN(C5CCC5)CC4)cc3)c3ncnn23)ccn1. The molecule has 0 bridgehead atoms. The Morgan fingerprint density at radius 1 is 0.844 bits per heavy atom. The predicted molar refractivity (Wildman–Crippen MR) is 127 cm³/mol. The largest absolute Gasteiger partial charge is 0.369 e. The Hall–Kier alpha value is -3.45. The third-order valence-electron chi connectivity index (χ3n) is 6.82. The summed E-state index contributed by atoms with van der Waals surface area (Å²) in [5, 5.41) is 7.95. The molecule has 1 N–H and O–H groups in total. The Bertz CT molecular complexity index is 1190. The van der Waals surface area contributed by atoms with Crippen molar-refractivity contribution in [3.8, 4) is 11.3 Å². The van der Waals surface area contributed by atoms with E-state index in [0.29, 0.717) is 0 Å². The van der Waals surface area contributed by atoms with Crippen LogP contribution in [0.15, 0.2) is 67.3 Å². The highest BCUT2D eigenvalue weighted by Crippen LogP contribution is 2.29. The van der Waals surface area contributed by atoms with E-state index in [1.807, 2.05) is 16.6 Å². The lowest BCUT2D eigenvalue weighted by molar-refractivity contribution is 0.120. The number of hydrogen-bond acceptors (Lipinski definition) is 6. The van der Waals surface area contributed by atoms with Crippen LogP contribution < -0.4 is 10.2 Å². The second-order valence-electron chi connectivity index (χ2n) is 8.64. The van der Waals surface area contributed by atoms with E-state index in [1.165, 1.54) is 38.0 Å². The number of nitrogens with one attached hydrogen (secondary N) is 1. The minimum absolute atomic E-state index is 0.801. The molecule has 162 valence electrons. The number of nitrogens with zero attached hydrogens (tertiary/aromatic N) is 6. The number of anilines is 3. The van der Waals surface area contributed by atoms with Gasteiger partial charge in [0.25, 0.3) is 0 Å². The average Bonchev–Trinajstić information content (AvgIpc) is 3.30. The van der Waals surface area contributed by atoms with Crippen molar-refractivity contribution in [2.45, 2.75) is 25.3 Å². The highest BCUT2D eigenvalue weighted by molar-refractivity contribution is 5.77. The molecule has 2 aliphatic rings. The summed E-state index contributed by atoms with van der Waals surface area (Å²) < 4.78 is 1.87. The Balaban J connectivity index is 1.17. The molecule has 0 unspecified atom stereocenters. The molecule has 1 aliphatic carbocycles. The van der Waals surface area contributed by atoms with Gasteiger partial charge in [-0.1, -0.05) is 6.42 Å². The first kappa shape index (κ1) is 19.3. The molecule has 2 fully saturated rings. The highest BCUT2D eigenvalue weighted by Gasteiger charge is 2.27. The van der Waals surface area contributed by atoms with Crippen LogP contribution in [0.5, 0.6) is 0 Å². The van der Waals surface area contributed by atoms with Crippen LogP contribution in [0.25, 0.3) is 16.9 Å². The Morgan fingerprint density at radius 3 is 2.34 bits per heavy atom. The fourth-order valence-electron chi connectivity index (χ4n) is 4.76. The van der Waals surface area contributed by atoms with Gasteiger partial charge >= 0.3 is 0 Å². The summed E-state index contributed by atoms with van der Waals surface area (Å²) in [6, 6.07) is 17.7. The van der Waals surface area contributed by atoms with Crippen molar-refractivity contribution in [3.63, 3.8) is 0 Å². The minimum atomic E-state index is 0.801. The highest BCUT2D eigenvalue weighted by atomic mass is 15.3. The van der Waals surface area contributed by atoms with Crippen molar-refractivity contribution in [2.75, 3.05) is 36.4 Å². The minimum Gasteiger partial charge on any atom is -0.369 e. The second-order valence-corrected chi connectivity index (χ2v) is 8.64. The first-order valence-corrected chi connectivity index (χ1v) is 11.4. The molecular weight excluding hydrogens is 398 g/mol. The van der Waals surface area contributed by atoms with Gasteiger partial charge in [-0.25, -0.2) is 9.50 Å². The fraction of sp³-hybridized carbons (Fsp3) is 0.320. The number of rotatable bonds is 5. The van der Waals surface area contributed by atoms with Gasteiger partial charge < -0.3 is 10.2 Å². The summed E-state index contributed by atoms with van der Waals surface area (Å²) in [5.74, 6) is 0. The molecule has 32 heavy (non-hydrogen) atoms. The molecule has 7 nitrogen and oxygen atoms in total. The quantitative estimate of drug-likeness (QED) is 0.517. The monoisotopic (exact) mass is 425 g/mol. The number of pyridine rings is 2. The smallest absolute Gasteiger partial charge is 0.179 e. The molecular formula is C25H27N7. The molecule has 1 aliphatic heterocycles. The van der Waals surface area contributed by atoms with Crippen LogP contribution in [0, 0.1) is 0 Å². The van der Waals surface area contributed by atoms with E-state index in [1.54, 1.807) is 18.7 Å². The lowest BCUT2D eigenvalue weighted by Gasteiger charge is -2.43. The van der Waals surface area contributed by atoms with Crippen molar-refractivity contribution in [1.29, 1.82) is 0 Å². The van der Waals surface area contributed by atoms with Crippen molar-refractivity contribution in [1.82, 2.24) is 24.5 Å². The maximum absolute atomic E-state index is 4.49. The van der Waals surface area contributed by atoms with Gasteiger partial charge in [-0.3, -0.25) is 9.88 Å². The number of piperazine rings is 1. The van der Waals surface area contributed by atoms with E-state index < -0.39 is 0 Å². The topological polar surface area (TPSA) is 61.6 Å². The zero-order chi connectivity index (χ0) is 21.3. The Morgan fingerprint density at radius 2 is 1.62 bits per heavy atom. The summed E-state index contributed by atoms with van der Waals surface area (Å²) in [5.41, 5.74) is 6.12. The zero-order valence-corrected chi connectivity index (χ0v) is 18.1. The molecule has 0 amide bonds. The molecule has 0 atom stereocenters. The van der Waals surface area contributed by atoms with Gasteiger partial charge in [0, 0.05) is 61.6 Å². The lowest BCUT2D eigenvalue weighted by atomic mass is 9.91. The molecule has 1 aromatic carbocycles. The zero-order valence-electron chi connectivity index (χ0n) is 18.1. The maximum atomic E-state index is 4.49. The van der Waals surface area contributed by atoms with Crippen LogP contribution in [0.2, 0.25) is 0 Å². The first-order chi connectivity index (χ1) is 15.8. The van der Waals surface area contributed by atoms with Gasteiger partial charge in [-0.15, -0.1) is 0 Å². The molecule has 7 heteroatoms. The van der Waals surface area contributed by atoms with E-state index in [9.17, 15) is 0 Å². The van der Waals surface area contributed by atoms with E-state index in [-0.39, 0.29) is 0 Å². The third kappa shape index (κ3) is 3.58. The number of benzene rings is 1. The van der Waals surface area contributed by atoms with Crippen LogP contribution in [-0.2, 0) is 0 Å². The summed E-state index contributed by atoms with van der Waals surface area (Å²) in [4.78, 5) is 13.8. The van der Waals surface area contributed by atoms with Crippen molar-refractivity contribution < 1.29 is 0 Å². The van der Waals surface area contributed by atoms with Crippen LogP contribution in [0.4, 0.5) is 17.1 Å². The van der Waals surface area contributed by atoms with Crippen molar-refractivity contribution >= 4 is 22.7 Å². The molecule has 4 aromatic rings. The number of hydrogen-bond donors (Lipinski definition) is 1. The third-order valence-corrected chi connectivity index (χ3v) is 6.82. The number of aromatic nitrogens is 4. The van der Waals surface area contributed by atoms with E-state index in [2.05, 4.69) is 66.6 Å². The Labute approximate surface area is 187 Å². The standard InChI is InChI=1S/C25H27N7/c1-2-21(3-1)30-14-16-31(17-15-30)22-6-4-20(5-7-22)29-23-8-9-24(19-10-12-26-13-11-19)32-25(23)27-18-28-32/h4-13,18,21,29H,1-3,14-17H2. The predicted octanol–water partition coefficient (Wildman–Crippen LogP) is 4.21. The van der Waals surface area contributed by atoms with Gasteiger partial charge in [-0.05, 0) is 61.4 Å². The van der Waals surface area contributed by atoms with Gasteiger partial charge in [0.15, 0.2) is 5.65 Å². The van der Waals surface area contributed by atoms with E-state index in [0.717, 1.165) is 47.4 Å². The summed E-state index contributed by atoms with van der Waals surface area (Å²) >= 11 is 0. The molecule has 3 aromatic heterocycles. The lowest BCUT2D eigenvalue weighted by Crippen LogP contribution is -2.52. The van der Waals surface area contributed by atoms with Gasteiger partial charge in [0.1, 0.15) is 6.33 Å². The van der Waals surface area contributed by atoms with Crippen molar-refractivity contribution in [2.24, 2.45) is 0 Å². The van der Waals surface area contributed by atoms with Crippen LogP contribution >= 0.6 is 0 Å². The second kappa shape index (κ2) is 8.24. The van der Waals surface area contributed by atoms with E-state index >= 15 is 0 Å². The van der Waals surface area contributed by atoms with Crippen LogP contribution in [-0.4, -0.2) is 56.7 Å². The van der Waals surface area contributed by atoms with Gasteiger partial charge in [0.05, 0.1) is 11.4 Å². The first-order valence-electron chi connectivity index (χ1n) is 11.4. The molecule has 4 heterocycles. The normalized spacial score (nSPS) is 17.4. The molecule has 1 saturated carbocycles. The molecule has 0 spiro atoms. The van der Waals surface area contributed by atoms with Crippen LogP contribution in [0.3, 0.4) is 0 Å². The summed E-state index contributed by atoms with van der Waals surface area (Å²) in [6.07, 6.45) is 9.37. The average molecular weight is 426 g/mol. The van der Waals surface area contributed by atoms with Crippen LogP contribution in [0.1, 0.15) is 19.3 Å². The number of fused-ring (bicyclic) bond motifs is 1. The summed E-state index contributed by atoms with van der Waals surface area (Å²) in [6.45, 7) is 4.58. The molecule has 0 radical (unpaired) electrons. The molecule has 1 saturated heterocycles. The maximum Gasteiger partial charge on any atom is 0.179 e. The fourth-order valence-corrected chi connectivity index (χ4v) is 4.76. The molecule has 6 rings (SSSR count).